The van der Waals surface area contributed by atoms with E-state index in [0.29, 0.717) is 23.5 Å². The van der Waals surface area contributed by atoms with Crippen LogP contribution in [0.2, 0.25) is 0 Å². The largest absolute Gasteiger partial charge is 0.307 e. The standard InChI is InChI=1S/C57H45N5/c1-35-56(2,3)47-26-16-25-42(50(47)57(35,4)5)39-21-15-22-41(34-39)61-48-27-13-11-23-43(48)45-31-32-46-44-24-12-14-28-49(44)62(52(46)51(45)61)55-59-53(37-18-7-6-8-19-37)58-54(60-55)40-30-29-36-17-9-10-20-38(36)33-40/h6-35H,1-5H3. The first kappa shape index (κ1) is 36.5. The lowest BCUT2D eigenvalue weighted by molar-refractivity contribution is 0.264. The van der Waals surface area contributed by atoms with E-state index in [0.717, 1.165) is 55.0 Å². The Morgan fingerprint density at radius 2 is 1.03 bits per heavy atom. The topological polar surface area (TPSA) is 48.5 Å². The van der Waals surface area contributed by atoms with E-state index in [9.17, 15) is 0 Å². The Balaban J connectivity index is 1.17. The number of rotatable bonds is 5. The molecule has 0 fully saturated rings. The molecule has 62 heavy (non-hydrogen) atoms. The molecule has 0 N–H and O–H groups in total. The highest BCUT2D eigenvalue weighted by Gasteiger charge is 2.49. The van der Waals surface area contributed by atoms with Gasteiger partial charge in [0.15, 0.2) is 11.6 Å². The third-order valence-electron chi connectivity index (χ3n) is 14.3. The van der Waals surface area contributed by atoms with Gasteiger partial charge in [0.1, 0.15) is 0 Å². The molecule has 0 radical (unpaired) electrons. The van der Waals surface area contributed by atoms with Crippen LogP contribution in [0, 0.1) is 5.92 Å². The van der Waals surface area contributed by atoms with Gasteiger partial charge in [-0.3, -0.25) is 4.57 Å². The summed E-state index contributed by atoms with van der Waals surface area (Å²) >= 11 is 0. The Kier molecular flexibility index (Phi) is 7.83. The average molecular weight is 800 g/mol. The average Bonchev–Trinajstić information content (AvgIpc) is 3.88. The van der Waals surface area contributed by atoms with Crippen LogP contribution in [0.1, 0.15) is 45.7 Å². The minimum Gasteiger partial charge on any atom is -0.307 e. The Labute approximate surface area is 361 Å². The zero-order valence-electron chi connectivity index (χ0n) is 35.6. The molecular weight excluding hydrogens is 755 g/mol. The Bertz CT molecular complexity index is 3610. The molecule has 5 nitrogen and oxygen atoms in total. The lowest BCUT2D eigenvalue weighted by atomic mass is 9.71. The van der Waals surface area contributed by atoms with Gasteiger partial charge >= 0.3 is 0 Å². The third-order valence-corrected chi connectivity index (χ3v) is 14.3. The Morgan fingerprint density at radius 1 is 0.435 bits per heavy atom. The quantitative estimate of drug-likeness (QED) is 0.174. The number of hydrogen-bond donors (Lipinski definition) is 0. The normalized spacial score (nSPS) is 15.6. The first-order chi connectivity index (χ1) is 30.2. The molecule has 0 amide bonds. The summed E-state index contributed by atoms with van der Waals surface area (Å²) < 4.78 is 4.75. The van der Waals surface area contributed by atoms with Gasteiger partial charge in [0, 0.05) is 38.4 Å². The van der Waals surface area contributed by atoms with Crippen LogP contribution in [0.25, 0.3) is 99.9 Å². The van der Waals surface area contributed by atoms with Crippen LogP contribution in [-0.4, -0.2) is 24.1 Å². The molecule has 298 valence electrons. The minimum atomic E-state index is 0.0141. The summed E-state index contributed by atoms with van der Waals surface area (Å²) in [6.07, 6.45) is 0. The van der Waals surface area contributed by atoms with Gasteiger partial charge in [0.2, 0.25) is 5.95 Å². The van der Waals surface area contributed by atoms with Crippen LogP contribution < -0.4 is 0 Å². The zero-order chi connectivity index (χ0) is 41.9. The SMILES string of the molecule is CC1C(C)(C)c2cccc(-c3cccc(-n4c5ccccc5c5ccc6c7ccccc7n(-c7nc(-c8ccccc8)nc(-c8ccc9ccccc9c8)n7)c6c54)c3)c2C1(C)C. The zero-order valence-corrected chi connectivity index (χ0v) is 35.6. The first-order valence-corrected chi connectivity index (χ1v) is 21.7. The fraction of sp³-hybridized carbons (Fsp3) is 0.140. The van der Waals surface area contributed by atoms with E-state index in [4.69, 9.17) is 15.0 Å². The lowest BCUT2D eigenvalue weighted by Gasteiger charge is -2.33. The predicted octanol–water partition coefficient (Wildman–Crippen LogP) is 14.4. The van der Waals surface area contributed by atoms with Crippen molar-refractivity contribution in [2.75, 3.05) is 0 Å². The van der Waals surface area contributed by atoms with Gasteiger partial charge in [-0.05, 0) is 80.1 Å². The molecule has 0 aliphatic heterocycles. The molecule has 1 atom stereocenters. The van der Waals surface area contributed by atoms with Crippen LogP contribution >= 0.6 is 0 Å². The molecule has 1 unspecified atom stereocenters. The predicted molar refractivity (Wildman–Crippen MR) is 258 cm³/mol. The van der Waals surface area contributed by atoms with E-state index in [1.54, 1.807) is 0 Å². The maximum Gasteiger partial charge on any atom is 0.238 e. The second-order valence-corrected chi connectivity index (χ2v) is 18.2. The van der Waals surface area contributed by atoms with Crippen molar-refractivity contribution in [1.29, 1.82) is 0 Å². The molecule has 5 heteroatoms. The van der Waals surface area contributed by atoms with Crippen LogP contribution in [0.15, 0.2) is 176 Å². The summed E-state index contributed by atoms with van der Waals surface area (Å²) in [6.45, 7) is 12.1. The van der Waals surface area contributed by atoms with E-state index in [1.807, 2.05) is 18.2 Å². The maximum absolute atomic E-state index is 5.39. The molecule has 1 aliphatic carbocycles. The molecule has 11 aromatic rings. The van der Waals surface area contributed by atoms with Crippen molar-refractivity contribution >= 4 is 54.4 Å². The van der Waals surface area contributed by atoms with E-state index >= 15 is 0 Å². The van der Waals surface area contributed by atoms with Gasteiger partial charge < -0.3 is 4.57 Å². The molecule has 3 heterocycles. The molecule has 0 saturated carbocycles. The summed E-state index contributed by atoms with van der Waals surface area (Å²) in [5.41, 5.74) is 12.9. The van der Waals surface area contributed by atoms with Gasteiger partial charge in [-0.15, -0.1) is 0 Å². The second kappa shape index (κ2) is 13.3. The molecule has 3 aromatic heterocycles. The Hall–Kier alpha value is -7.37. The van der Waals surface area contributed by atoms with Crippen molar-refractivity contribution in [2.45, 2.75) is 45.4 Å². The van der Waals surface area contributed by atoms with Crippen molar-refractivity contribution in [2.24, 2.45) is 5.92 Å². The van der Waals surface area contributed by atoms with Crippen LogP contribution in [-0.2, 0) is 10.8 Å². The maximum atomic E-state index is 5.39. The Morgan fingerprint density at radius 3 is 1.77 bits per heavy atom. The van der Waals surface area contributed by atoms with Crippen LogP contribution in [0.4, 0.5) is 0 Å². The lowest BCUT2D eigenvalue weighted by Crippen LogP contribution is -2.31. The fourth-order valence-electron chi connectivity index (χ4n) is 10.8. The van der Waals surface area contributed by atoms with E-state index < -0.39 is 0 Å². The fourth-order valence-corrected chi connectivity index (χ4v) is 10.8. The van der Waals surface area contributed by atoms with Crippen LogP contribution in [0.3, 0.4) is 0 Å². The van der Waals surface area contributed by atoms with Gasteiger partial charge in [-0.1, -0.05) is 180 Å². The molecule has 0 bridgehead atoms. The highest BCUT2D eigenvalue weighted by Crippen LogP contribution is 2.56. The monoisotopic (exact) mass is 799 g/mol. The van der Waals surface area contributed by atoms with E-state index in [1.165, 1.54) is 38.4 Å². The highest BCUT2D eigenvalue weighted by atomic mass is 15.2. The second-order valence-electron chi connectivity index (χ2n) is 18.2. The summed E-state index contributed by atoms with van der Waals surface area (Å²) in [7, 11) is 0. The third kappa shape index (κ3) is 5.24. The van der Waals surface area contributed by atoms with Gasteiger partial charge in [0.05, 0.1) is 22.1 Å². The number of benzene rings is 8. The number of aromatic nitrogens is 5. The summed E-state index contributed by atoms with van der Waals surface area (Å²) in [5.74, 6) is 2.31. The van der Waals surface area contributed by atoms with E-state index in [2.05, 4.69) is 201 Å². The first-order valence-electron chi connectivity index (χ1n) is 21.7. The molecular formula is C57H45N5. The number of hydrogen-bond acceptors (Lipinski definition) is 3. The number of para-hydroxylation sites is 2. The van der Waals surface area contributed by atoms with Crippen LogP contribution in [0.5, 0.6) is 0 Å². The summed E-state index contributed by atoms with van der Waals surface area (Å²) in [6, 6.07) is 63.3. The summed E-state index contributed by atoms with van der Waals surface area (Å²) in [5, 5.41) is 6.96. The van der Waals surface area contributed by atoms with Gasteiger partial charge in [0.25, 0.3) is 0 Å². The molecule has 1 aliphatic rings. The smallest absolute Gasteiger partial charge is 0.238 e. The van der Waals surface area contributed by atoms with E-state index in [-0.39, 0.29) is 10.8 Å². The molecule has 8 aromatic carbocycles. The van der Waals surface area contributed by atoms with Gasteiger partial charge in [-0.25, -0.2) is 4.98 Å². The van der Waals surface area contributed by atoms with Crippen molar-refractivity contribution in [3.63, 3.8) is 0 Å². The number of fused-ring (bicyclic) bond motifs is 9. The molecule has 0 spiro atoms. The van der Waals surface area contributed by atoms with Crippen molar-refractivity contribution < 1.29 is 0 Å². The highest BCUT2D eigenvalue weighted by molar-refractivity contribution is 6.23. The summed E-state index contributed by atoms with van der Waals surface area (Å²) in [4.78, 5) is 15.9. The minimum absolute atomic E-state index is 0.0141. The van der Waals surface area contributed by atoms with Gasteiger partial charge in [-0.2, -0.15) is 9.97 Å². The number of nitrogens with zero attached hydrogens (tertiary/aromatic N) is 5. The molecule has 12 rings (SSSR count). The molecule has 0 saturated heterocycles. The van der Waals surface area contributed by atoms with Crippen molar-refractivity contribution in [3.8, 4) is 45.5 Å². The van der Waals surface area contributed by atoms with Crippen molar-refractivity contribution in [3.05, 3.63) is 187 Å². The van der Waals surface area contributed by atoms with Crippen molar-refractivity contribution in [1.82, 2.24) is 24.1 Å².